The molecular formula is C12H16ClN. The van der Waals surface area contributed by atoms with Gasteiger partial charge >= 0.3 is 0 Å². The smallest absolute Gasteiger partial charge is 0.0661 e. The highest BCUT2D eigenvalue weighted by atomic mass is 35.5. The SMILES string of the molecule is CC(C)(C)c1ccnc(C2CC2)c1Cl. The molecule has 1 aromatic heterocycles. The number of hydrogen-bond acceptors (Lipinski definition) is 1. The van der Waals surface area contributed by atoms with Gasteiger partial charge in [0.15, 0.2) is 0 Å². The molecule has 14 heavy (non-hydrogen) atoms. The van der Waals surface area contributed by atoms with E-state index < -0.39 is 0 Å². The van der Waals surface area contributed by atoms with E-state index in [1.807, 2.05) is 12.3 Å². The maximum absolute atomic E-state index is 6.37. The van der Waals surface area contributed by atoms with Crippen molar-refractivity contribution in [3.8, 4) is 0 Å². The fourth-order valence-corrected chi connectivity index (χ4v) is 2.23. The summed E-state index contributed by atoms with van der Waals surface area (Å²) in [5.41, 5.74) is 2.44. The van der Waals surface area contributed by atoms with Crippen LogP contribution in [-0.2, 0) is 5.41 Å². The van der Waals surface area contributed by atoms with Crippen molar-refractivity contribution in [1.29, 1.82) is 0 Å². The monoisotopic (exact) mass is 209 g/mol. The third-order valence-corrected chi connectivity index (χ3v) is 3.09. The fraction of sp³-hybridized carbons (Fsp3) is 0.583. The highest BCUT2D eigenvalue weighted by molar-refractivity contribution is 6.32. The first kappa shape index (κ1) is 9.97. The molecule has 1 saturated carbocycles. The third kappa shape index (κ3) is 1.78. The molecule has 0 aliphatic heterocycles. The summed E-state index contributed by atoms with van der Waals surface area (Å²) in [6.07, 6.45) is 4.39. The van der Waals surface area contributed by atoms with E-state index in [9.17, 15) is 0 Å². The zero-order chi connectivity index (χ0) is 10.3. The van der Waals surface area contributed by atoms with Crippen molar-refractivity contribution in [1.82, 2.24) is 4.98 Å². The molecule has 0 amide bonds. The number of nitrogens with zero attached hydrogens (tertiary/aromatic N) is 1. The van der Waals surface area contributed by atoms with Gasteiger partial charge in [0.05, 0.1) is 10.7 Å². The number of rotatable bonds is 1. The molecule has 1 aliphatic rings. The standard InChI is InChI=1S/C12H16ClN/c1-12(2,3)9-6-7-14-11(10(9)13)8-4-5-8/h6-8H,4-5H2,1-3H3. The third-order valence-electron chi connectivity index (χ3n) is 2.69. The predicted molar refractivity (Wildman–Crippen MR) is 59.9 cm³/mol. The lowest BCUT2D eigenvalue weighted by molar-refractivity contribution is 0.588. The second-order valence-corrected chi connectivity index (χ2v) is 5.46. The van der Waals surface area contributed by atoms with E-state index in [-0.39, 0.29) is 5.41 Å². The average molecular weight is 210 g/mol. The zero-order valence-corrected chi connectivity index (χ0v) is 9.73. The van der Waals surface area contributed by atoms with Crippen molar-refractivity contribution in [2.45, 2.75) is 44.9 Å². The van der Waals surface area contributed by atoms with Gasteiger partial charge in [-0.2, -0.15) is 0 Å². The molecule has 0 saturated heterocycles. The predicted octanol–water partition coefficient (Wildman–Crippen LogP) is 3.91. The summed E-state index contributed by atoms with van der Waals surface area (Å²) in [7, 11) is 0. The Morgan fingerprint density at radius 3 is 2.50 bits per heavy atom. The first-order valence-electron chi connectivity index (χ1n) is 5.15. The van der Waals surface area contributed by atoms with Gasteiger partial charge in [-0.1, -0.05) is 32.4 Å². The highest BCUT2D eigenvalue weighted by Gasteiger charge is 2.30. The Kier molecular flexibility index (Phi) is 2.30. The molecular weight excluding hydrogens is 194 g/mol. The Morgan fingerprint density at radius 1 is 1.36 bits per heavy atom. The number of aromatic nitrogens is 1. The van der Waals surface area contributed by atoms with Crippen molar-refractivity contribution in [3.05, 3.63) is 28.5 Å². The lowest BCUT2D eigenvalue weighted by atomic mass is 9.87. The summed E-state index contributed by atoms with van der Waals surface area (Å²) in [5, 5.41) is 0.891. The van der Waals surface area contributed by atoms with Gasteiger partial charge in [-0.05, 0) is 29.9 Å². The zero-order valence-electron chi connectivity index (χ0n) is 8.97. The van der Waals surface area contributed by atoms with Crippen LogP contribution in [0.4, 0.5) is 0 Å². The van der Waals surface area contributed by atoms with Crippen LogP contribution in [0.1, 0.15) is 50.8 Å². The van der Waals surface area contributed by atoms with Gasteiger partial charge in [0.2, 0.25) is 0 Å². The Labute approximate surface area is 90.5 Å². The Morgan fingerprint density at radius 2 is 2.00 bits per heavy atom. The van der Waals surface area contributed by atoms with E-state index in [1.165, 1.54) is 18.4 Å². The minimum absolute atomic E-state index is 0.115. The minimum Gasteiger partial charge on any atom is -0.259 e. The summed E-state index contributed by atoms with van der Waals surface area (Å²) in [5.74, 6) is 0.629. The molecule has 2 heteroatoms. The van der Waals surface area contributed by atoms with Crippen LogP contribution >= 0.6 is 11.6 Å². The van der Waals surface area contributed by atoms with Gasteiger partial charge in [0, 0.05) is 12.1 Å². The molecule has 0 radical (unpaired) electrons. The molecule has 1 nitrogen and oxygen atoms in total. The molecule has 76 valence electrons. The van der Waals surface area contributed by atoms with Crippen molar-refractivity contribution >= 4 is 11.6 Å². The van der Waals surface area contributed by atoms with Crippen LogP contribution in [0, 0.1) is 0 Å². The van der Waals surface area contributed by atoms with E-state index in [4.69, 9.17) is 11.6 Å². The number of halogens is 1. The van der Waals surface area contributed by atoms with Crippen LogP contribution in [0.5, 0.6) is 0 Å². The highest BCUT2D eigenvalue weighted by Crippen LogP contribution is 2.44. The van der Waals surface area contributed by atoms with E-state index in [1.54, 1.807) is 0 Å². The molecule has 1 aromatic rings. The Bertz CT molecular complexity index is 348. The molecule has 1 fully saturated rings. The van der Waals surface area contributed by atoms with Crippen LogP contribution in [0.25, 0.3) is 0 Å². The molecule has 1 heterocycles. The quantitative estimate of drug-likeness (QED) is 0.684. The molecule has 0 N–H and O–H groups in total. The normalized spacial score (nSPS) is 17.1. The largest absolute Gasteiger partial charge is 0.259 e. The molecule has 0 unspecified atom stereocenters. The molecule has 0 aromatic carbocycles. The Balaban J connectivity index is 2.46. The lowest BCUT2D eigenvalue weighted by Gasteiger charge is -2.21. The second-order valence-electron chi connectivity index (χ2n) is 5.08. The summed E-state index contributed by atoms with van der Waals surface area (Å²) in [6.45, 7) is 6.56. The van der Waals surface area contributed by atoms with Crippen LogP contribution in [-0.4, -0.2) is 4.98 Å². The van der Waals surface area contributed by atoms with Gasteiger partial charge in [-0.25, -0.2) is 0 Å². The Hall–Kier alpha value is -0.560. The topological polar surface area (TPSA) is 12.9 Å². The molecule has 0 spiro atoms. The van der Waals surface area contributed by atoms with Crippen molar-refractivity contribution in [2.24, 2.45) is 0 Å². The summed E-state index contributed by atoms with van der Waals surface area (Å²) < 4.78 is 0. The molecule has 1 aliphatic carbocycles. The van der Waals surface area contributed by atoms with Crippen LogP contribution in [0.15, 0.2) is 12.3 Å². The summed E-state index contributed by atoms with van der Waals surface area (Å²) >= 11 is 6.37. The van der Waals surface area contributed by atoms with Crippen LogP contribution < -0.4 is 0 Å². The summed E-state index contributed by atoms with van der Waals surface area (Å²) in [4.78, 5) is 4.38. The van der Waals surface area contributed by atoms with Crippen molar-refractivity contribution < 1.29 is 0 Å². The number of hydrogen-bond donors (Lipinski definition) is 0. The van der Waals surface area contributed by atoms with Crippen LogP contribution in [0.3, 0.4) is 0 Å². The van der Waals surface area contributed by atoms with E-state index in [2.05, 4.69) is 25.8 Å². The van der Waals surface area contributed by atoms with E-state index in [0.29, 0.717) is 5.92 Å². The molecule has 2 rings (SSSR count). The molecule has 0 bridgehead atoms. The summed E-state index contributed by atoms with van der Waals surface area (Å²) in [6, 6.07) is 2.04. The first-order chi connectivity index (χ1) is 6.50. The van der Waals surface area contributed by atoms with E-state index >= 15 is 0 Å². The first-order valence-corrected chi connectivity index (χ1v) is 5.53. The maximum Gasteiger partial charge on any atom is 0.0661 e. The van der Waals surface area contributed by atoms with Crippen LogP contribution in [0.2, 0.25) is 5.02 Å². The van der Waals surface area contributed by atoms with Gasteiger partial charge < -0.3 is 0 Å². The maximum atomic E-state index is 6.37. The van der Waals surface area contributed by atoms with Gasteiger partial charge in [0.1, 0.15) is 0 Å². The lowest BCUT2D eigenvalue weighted by Crippen LogP contribution is -2.13. The fourth-order valence-electron chi connectivity index (χ4n) is 1.68. The van der Waals surface area contributed by atoms with Gasteiger partial charge in [0.25, 0.3) is 0 Å². The van der Waals surface area contributed by atoms with Gasteiger partial charge in [-0.15, -0.1) is 0 Å². The minimum atomic E-state index is 0.115. The average Bonchev–Trinajstić information content (AvgIpc) is 2.85. The van der Waals surface area contributed by atoms with E-state index in [0.717, 1.165) is 10.7 Å². The second kappa shape index (κ2) is 3.23. The molecule has 0 atom stereocenters. The van der Waals surface area contributed by atoms with Crippen molar-refractivity contribution in [3.63, 3.8) is 0 Å². The number of pyridine rings is 1. The van der Waals surface area contributed by atoms with Gasteiger partial charge in [-0.3, -0.25) is 4.98 Å². The van der Waals surface area contributed by atoms with Crippen molar-refractivity contribution in [2.75, 3.05) is 0 Å².